The van der Waals surface area contributed by atoms with Gasteiger partial charge >= 0.3 is 0 Å². The van der Waals surface area contributed by atoms with E-state index in [9.17, 15) is 4.79 Å². The van der Waals surface area contributed by atoms with Crippen molar-refractivity contribution in [2.75, 3.05) is 18.0 Å². The van der Waals surface area contributed by atoms with Gasteiger partial charge in [-0.15, -0.1) is 0 Å². The van der Waals surface area contributed by atoms with Gasteiger partial charge in [-0.1, -0.05) is 18.2 Å². The van der Waals surface area contributed by atoms with Crippen LogP contribution in [-0.4, -0.2) is 30.1 Å². The van der Waals surface area contributed by atoms with Crippen molar-refractivity contribution >= 4 is 17.3 Å². The number of hydrogen-bond donors (Lipinski definition) is 1. The normalized spacial score (nSPS) is 20.4. The smallest absolute Gasteiger partial charge is 0.231 e. The predicted molar refractivity (Wildman–Crippen MR) is 88.0 cm³/mol. The highest BCUT2D eigenvalue weighted by molar-refractivity contribution is 6.03. The van der Waals surface area contributed by atoms with Gasteiger partial charge in [0, 0.05) is 19.0 Å². The molecule has 1 fully saturated rings. The van der Waals surface area contributed by atoms with E-state index < -0.39 is 0 Å². The van der Waals surface area contributed by atoms with E-state index in [4.69, 9.17) is 4.74 Å². The Morgan fingerprint density at radius 1 is 1.22 bits per heavy atom. The maximum Gasteiger partial charge on any atom is 0.231 e. The number of para-hydroxylation sites is 1. The Hall–Kier alpha value is -2.40. The maximum absolute atomic E-state index is 12.5. The van der Waals surface area contributed by atoms with Crippen molar-refractivity contribution in [3.05, 3.63) is 48.3 Å². The first-order valence-corrected chi connectivity index (χ1v) is 8.04. The fourth-order valence-corrected chi connectivity index (χ4v) is 3.23. The molecular formula is C18H19N3O2. The van der Waals surface area contributed by atoms with Gasteiger partial charge in [0.1, 0.15) is 11.9 Å². The minimum Gasteiger partial charge on any atom is -0.487 e. The van der Waals surface area contributed by atoms with Crippen molar-refractivity contribution in [1.82, 2.24) is 10.3 Å². The van der Waals surface area contributed by atoms with Crippen LogP contribution in [0.15, 0.2) is 42.7 Å². The molecule has 0 aliphatic carbocycles. The second kappa shape index (κ2) is 6.01. The van der Waals surface area contributed by atoms with Gasteiger partial charge in [0.05, 0.1) is 23.8 Å². The van der Waals surface area contributed by atoms with Crippen LogP contribution in [-0.2, 0) is 11.2 Å². The predicted octanol–water partition coefficient (Wildman–Crippen LogP) is 2.43. The molecule has 5 heteroatoms. The van der Waals surface area contributed by atoms with Crippen molar-refractivity contribution in [3.8, 4) is 5.75 Å². The summed E-state index contributed by atoms with van der Waals surface area (Å²) in [5, 5.41) is 3.28. The molecule has 3 heterocycles. The molecule has 0 unspecified atom stereocenters. The number of nitrogens with zero attached hydrogens (tertiary/aromatic N) is 2. The van der Waals surface area contributed by atoms with Crippen LogP contribution in [0.5, 0.6) is 5.75 Å². The van der Waals surface area contributed by atoms with E-state index in [2.05, 4.69) is 16.4 Å². The highest BCUT2D eigenvalue weighted by Gasteiger charge is 2.26. The molecular weight excluding hydrogens is 290 g/mol. The Labute approximate surface area is 135 Å². The Kier molecular flexibility index (Phi) is 3.71. The van der Waals surface area contributed by atoms with E-state index in [0.29, 0.717) is 12.2 Å². The molecule has 5 nitrogen and oxygen atoms in total. The van der Waals surface area contributed by atoms with Crippen LogP contribution in [0.25, 0.3) is 0 Å². The molecule has 0 spiro atoms. The number of carbonyl (C=O) groups is 1. The summed E-state index contributed by atoms with van der Waals surface area (Å²) < 4.78 is 5.97. The van der Waals surface area contributed by atoms with E-state index in [1.165, 1.54) is 5.56 Å². The van der Waals surface area contributed by atoms with E-state index in [1.54, 1.807) is 17.3 Å². The quantitative estimate of drug-likeness (QED) is 0.946. The molecule has 23 heavy (non-hydrogen) atoms. The van der Waals surface area contributed by atoms with Gasteiger partial charge in [-0.05, 0) is 31.0 Å². The number of benzene rings is 1. The van der Waals surface area contributed by atoms with Gasteiger partial charge in [0.25, 0.3) is 0 Å². The number of amides is 1. The highest BCUT2D eigenvalue weighted by atomic mass is 16.5. The molecule has 1 amide bonds. The van der Waals surface area contributed by atoms with E-state index in [0.717, 1.165) is 37.3 Å². The number of carbonyl (C=O) groups excluding carboxylic acids is 1. The van der Waals surface area contributed by atoms with Gasteiger partial charge in [-0.25, -0.2) is 0 Å². The van der Waals surface area contributed by atoms with Gasteiger partial charge in [-0.2, -0.15) is 0 Å². The summed E-state index contributed by atoms with van der Waals surface area (Å²) in [7, 11) is 0. The molecule has 1 aromatic carbocycles. The summed E-state index contributed by atoms with van der Waals surface area (Å²) in [5.74, 6) is 0.817. The monoisotopic (exact) mass is 309 g/mol. The fraction of sp³-hybridized carbons (Fsp3) is 0.333. The molecule has 0 saturated carbocycles. The Balaban J connectivity index is 1.66. The largest absolute Gasteiger partial charge is 0.487 e. The van der Waals surface area contributed by atoms with Crippen LogP contribution in [0, 0.1) is 0 Å². The molecule has 2 aliphatic heterocycles. The number of rotatable bonds is 3. The van der Waals surface area contributed by atoms with Gasteiger partial charge in [0.2, 0.25) is 5.91 Å². The van der Waals surface area contributed by atoms with Crippen LogP contribution in [0.3, 0.4) is 0 Å². The van der Waals surface area contributed by atoms with Crippen molar-refractivity contribution in [2.24, 2.45) is 0 Å². The molecule has 2 aromatic rings. The Morgan fingerprint density at radius 3 is 3.00 bits per heavy atom. The number of nitrogens with one attached hydrogen (secondary N) is 1. The number of anilines is 2. The number of ether oxygens (including phenoxy) is 1. The Bertz CT molecular complexity index is 726. The molecule has 4 rings (SSSR count). The van der Waals surface area contributed by atoms with E-state index in [-0.39, 0.29) is 12.0 Å². The number of aryl methyl sites for hydroxylation is 1. The number of aromatic nitrogens is 1. The summed E-state index contributed by atoms with van der Waals surface area (Å²) in [6, 6.07) is 9.94. The highest BCUT2D eigenvalue weighted by Crippen LogP contribution is 2.35. The topological polar surface area (TPSA) is 54.5 Å². The van der Waals surface area contributed by atoms with Crippen molar-refractivity contribution in [3.63, 3.8) is 0 Å². The van der Waals surface area contributed by atoms with Crippen LogP contribution in [0.2, 0.25) is 0 Å². The SMILES string of the molecule is O=C1CCc2ccccc2N1c1cncc(O[C@H]2CCNC2)c1. The molecule has 1 aromatic heterocycles. The molecule has 1 atom stereocenters. The third-order valence-electron chi connectivity index (χ3n) is 4.36. The van der Waals surface area contributed by atoms with Gasteiger partial charge in [0.15, 0.2) is 0 Å². The first-order chi connectivity index (χ1) is 11.3. The molecule has 0 radical (unpaired) electrons. The minimum atomic E-state index is 0.102. The molecule has 2 aliphatic rings. The lowest BCUT2D eigenvalue weighted by Crippen LogP contribution is -2.30. The molecule has 118 valence electrons. The lowest BCUT2D eigenvalue weighted by atomic mass is 10.0. The Morgan fingerprint density at radius 2 is 2.13 bits per heavy atom. The van der Waals surface area contributed by atoms with Crippen LogP contribution in [0.4, 0.5) is 11.4 Å². The lowest BCUT2D eigenvalue weighted by molar-refractivity contribution is -0.118. The lowest BCUT2D eigenvalue weighted by Gasteiger charge is -2.29. The van der Waals surface area contributed by atoms with Crippen molar-refractivity contribution < 1.29 is 9.53 Å². The molecule has 0 bridgehead atoms. The summed E-state index contributed by atoms with van der Waals surface area (Å²) in [5.41, 5.74) is 2.91. The van der Waals surface area contributed by atoms with Gasteiger partial charge < -0.3 is 10.1 Å². The zero-order chi connectivity index (χ0) is 15.6. The van der Waals surface area contributed by atoms with E-state index >= 15 is 0 Å². The average molecular weight is 309 g/mol. The van der Waals surface area contributed by atoms with Crippen molar-refractivity contribution in [2.45, 2.75) is 25.4 Å². The standard InChI is InChI=1S/C18H19N3O2/c22-18-6-5-13-3-1-2-4-17(13)21(18)14-9-16(12-20-10-14)23-15-7-8-19-11-15/h1-4,9-10,12,15,19H,5-8,11H2/t15-/m0/s1. The zero-order valence-corrected chi connectivity index (χ0v) is 12.9. The first kappa shape index (κ1) is 14.2. The van der Waals surface area contributed by atoms with Crippen LogP contribution >= 0.6 is 0 Å². The third kappa shape index (κ3) is 2.80. The summed E-state index contributed by atoms with van der Waals surface area (Å²) in [6.07, 6.45) is 5.92. The van der Waals surface area contributed by atoms with E-state index in [1.807, 2.05) is 24.3 Å². The second-order valence-electron chi connectivity index (χ2n) is 5.97. The van der Waals surface area contributed by atoms with Crippen LogP contribution < -0.4 is 15.0 Å². The summed E-state index contributed by atoms with van der Waals surface area (Å²) >= 11 is 0. The summed E-state index contributed by atoms with van der Waals surface area (Å²) in [6.45, 7) is 1.84. The number of pyridine rings is 1. The zero-order valence-electron chi connectivity index (χ0n) is 12.9. The summed E-state index contributed by atoms with van der Waals surface area (Å²) in [4.78, 5) is 18.5. The average Bonchev–Trinajstić information content (AvgIpc) is 3.08. The molecule has 1 N–H and O–H groups in total. The first-order valence-electron chi connectivity index (χ1n) is 8.04. The van der Waals surface area contributed by atoms with Crippen LogP contribution in [0.1, 0.15) is 18.4 Å². The molecule has 1 saturated heterocycles. The van der Waals surface area contributed by atoms with Gasteiger partial charge in [-0.3, -0.25) is 14.7 Å². The fourth-order valence-electron chi connectivity index (χ4n) is 3.23. The maximum atomic E-state index is 12.5. The second-order valence-corrected chi connectivity index (χ2v) is 5.97. The number of fused-ring (bicyclic) bond motifs is 1. The number of hydrogen-bond acceptors (Lipinski definition) is 4. The third-order valence-corrected chi connectivity index (χ3v) is 4.36. The minimum absolute atomic E-state index is 0.102. The van der Waals surface area contributed by atoms with Crippen molar-refractivity contribution in [1.29, 1.82) is 0 Å².